The number of aliphatic hydroxyl groups excluding tert-OH is 1. The van der Waals surface area contributed by atoms with Crippen molar-refractivity contribution >= 4 is 9.84 Å². The minimum absolute atomic E-state index is 0.0853. The molecule has 0 aromatic heterocycles. The standard InChI is InChI=1S/C13H18O3S/c1-9(17(2,15)16)13(14)12-8-11(12)10-6-4-3-5-7-10/h3-7,9,11-14H,8H2,1-2H3. The van der Waals surface area contributed by atoms with E-state index in [1.54, 1.807) is 6.92 Å². The molecule has 0 aliphatic heterocycles. The highest BCUT2D eigenvalue weighted by atomic mass is 32.2. The lowest BCUT2D eigenvalue weighted by molar-refractivity contribution is 0.147. The highest BCUT2D eigenvalue weighted by Gasteiger charge is 2.46. The van der Waals surface area contributed by atoms with E-state index in [-0.39, 0.29) is 5.92 Å². The van der Waals surface area contributed by atoms with Gasteiger partial charge in [-0.1, -0.05) is 30.3 Å². The van der Waals surface area contributed by atoms with Gasteiger partial charge in [-0.05, 0) is 30.7 Å². The Morgan fingerprint density at radius 3 is 2.41 bits per heavy atom. The molecule has 1 fully saturated rings. The fourth-order valence-corrected chi connectivity index (χ4v) is 2.99. The van der Waals surface area contributed by atoms with Crippen LogP contribution in [0.3, 0.4) is 0 Å². The van der Waals surface area contributed by atoms with E-state index in [1.165, 1.54) is 11.8 Å². The highest BCUT2D eigenvalue weighted by molar-refractivity contribution is 7.91. The number of rotatable bonds is 4. The monoisotopic (exact) mass is 254 g/mol. The van der Waals surface area contributed by atoms with Crippen LogP contribution in [0, 0.1) is 5.92 Å². The lowest BCUT2D eigenvalue weighted by atomic mass is 10.1. The second-order valence-corrected chi connectivity index (χ2v) is 7.34. The molecule has 0 spiro atoms. The number of aliphatic hydroxyl groups is 1. The zero-order chi connectivity index (χ0) is 12.6. The fourth-order valence-electron chi connectivity index (χ4n) is 2.28. The van der Waals surface area contributed by atoms with Crippen molar-refractivity contribution in [1.82, 2.24) is 0 Å². The van der Waals surface area contributed by atoms with Gasteiger partial charge in [-0.2, -0.15) is 0 Å². The van der Waals surface area contributed by atoms with E-state index in [1.807, 2.05) is 30.3 Å². The Hall–Kier alpha value is -0.870. The summed E-state index contributed by atoms with van der Waals surface area (Å²) < 4.78 is 22.8. The SMILES string of the molecule is CC(C(O)C1CC1c1ccccc1)S(C)(=O)=O. The molecule has 4 atom stereocenters. The first-order chi connectivity index (χ1) is 7.91. The molecular formula is C13H18O3S. The van der Waals surface area contributed by atoms with Crippen molar-refractivity contribution in [2.24, 2.45) is 5.92 Å². The normalized spacial score (nSPS) is 27.5. The number of hydrogen-bond donors (Lipinski definition) is 1. The summed E-state index contributed by atoms with van der Waals surface area (Å²) in [5.74, 6) is 0.400. The molecule has 4 unspecified atom stereocenters. The molecule has 3 nitrogen and oxygen atoms in total. The van der Waals surface area contributed by atoms with Crippen LogP contribution in [-0.4, -0.2) is 31.1 Å². The van der Waals surface area contributed by atoms with Crippen LogP contribution in [0.1, 0.15) is 24.8 Å². The maximum absolute atomic E-state index is 11.4. The van der Waals surface area contributed by atoms with Gasteiger partial charge in [0.25, 0.3) is 0 Å². The van der Waals surface area contributed by atoms with E-state index >= 15 is 0 Å². The van der Waals surface area contributed by atoms with Gasteiger partial charge in [-0.15, -0.1) is 0 Å². The lowest BCUT2D eigenvalue weighted by Gasteiger charge is -2.17. The number of benzene rings is 1. The molecular weight excluding hydrogens is 236 g/mol. The van der Waals surface area contributed by atoms with Crippen LogP contribution in [0.15, 0.2) is 30.3 Å². The summed E-state index contributed by atoms with van der Waals surface area (Å²) in [6.45, 7) is 1.58. The van der Waals surface area contributed by atoms with Crippen LogP contribution >= 0.6 is 0 Å². The average molecular weight is 254 g/mol. The van der Waals surface area contributed by atoms with E-state index in [4.69, 9.17) is 0 Å². The second-order valence-electron chi connectivity index (χ2n) is 4.94. The average Bonchev–Trinajstić information content (AvgIpc) is 3.07. The summed E-state index contributed by atoms with van der Waals surface area (Å²) in [7, 11) is -3.16. The molecule has 2 rings (SSSR count). The Balaban J connectivity index is 2.04. The van der Waals surface area contributed by atoms with E-state index in [0.29, 0.717) is 5.92 Å². The van der Waals surface area contributed by atoms with Gasteiger partial charge in [0.15, 0.2) is 9.84 Å². The molecule has 1 aromatic rings. The molecule has 1 N–H and O–H groups in total. The van der Waals surface area contributed by atoms with Gasteiger partial charge in [0.1, 0.15) is 0 Å². The van der Waals surface area contributed by atoms with Gasteiger partial charge in [0.05, 0.1) is 11.4 Å². The summed E-state index contributed by atoms with van der Waals surface area (Å²) in [4.78, 5) is 0. The Kier molecular flexibility index (Phi) is 3.27. The van der Waals surface area contributed by atoms with Crippen LogP contribution in [0.2, 0.25) is 0 Å². The molecule has 0 bridgehead atoms. The molecule has 0 heterocycles. The fraction of sp³-hybridized carbons (Fsp3) is 0.538. The largest absolute Gasteiger partial charge is 0.391 e. The first kappa shape index (κ1) is 12.6. The van der Waals surface area contributed by atoms with Crippen LogP contribution < -0.4 is 0 Å². The van der Waals surface area contributed by atoms with Crippen molar-refractivity contribution in [2.75, 3.05) is 6.26 Å². The van der Waals surface area contributed by atoms with Gasteiger partial charge in [0, 0.05) is 6.26 Å². The lowest BCUT2D eigenvalue weighted by Crippen LogP contribution is -2.32. The molecule has 1 aromatic carbocycles. The summed E-state index contributed by atoms with van der Waals surface area (Å²) in [6, 6.07) is 9.95. The Morgan fingerprint density at radius 2 is 1.88 bits per heavy atom. The van der Waals surface area contributed by atoms with Crippen molar-refractivity contribution in [2.45, 2.75) is 30.6 Å². The van der Waals surface area contributed by atoms with Crippen molar-refractivity contribution < 1.29 is 13.5 Å². The summed E-state index contributed by atoms with van der Waals surface area (Å²) in [5, 5.41) is 9.37. The minimum atomic E-state index is -3.16. The Bertz CT molecular complexity index is 481. The van der Waals surface area contributed by atoms with Gasteiger partial charge >= 0.3 is 0 Å². The minimum Gasteiger partial charge on any atom is -0.391 e. The maximum atomic E-state index is 11.4. The Labute approximate surface area is 102 Å². The maximum Gasteiger partial charge on any atom is 0.152 e. The Morgan fingerprint density at radius 1 is 1.29 bits per heavy atom. The summed E-state index contributed by atoms with van der Waals surface area (Å²) in [6.07, 6.45) is 1.31. The predicted octanol–water partition coefficient (Wildman–Crippen LogP) is 1.58. The van der Waals surface area contributed by atoms with Crippen LogP contribution in [0.4, 0.5) is 0 Å². The van der Waals surface area contributed by atoms with Gasteiger partial charge in [-0.25, -0.2) is 8.42 Å². The molecule has 17 heavy (non-hydrogen) atoms. The molecule has 1 aliphatic rings. The third kappa shape index (κ3) is 2.69. The zero-order valence-corrected chi connectivity index (χ0v) is 10.9. The first-order valence-electron chi connectivity index (χ1n) is 5.83. The van der Waals surface area contributed by atoms with Gasteiger partial charge < -0.3 is 5.11 Å². The third-order valence-electron chi connectivity index (χ3n) is 3.66. The van der Waals surface area contributed by atoms with E-state index in [0.717, 1.165) is 6.42 Å². The molecule has 94 valence electrons. The van der Waals surface area contributed by atoms with Crippen molar-refractivity contribution in [3.8, 4) is 0 Å². The smallest absolute Gasteiger partial charge is 0.152 e. The molecule has 4 heteroatoms. The molecule has 1 saturated carbocycles. The van der Waals surface area contributed by atoms with Crippen LogP contribution in [-0.2, 0) is 9.84 Å². The number of hydrogen-bond acceptors (Lipinski definition) is 3. The van der Waals surface area contributed by atoms with Crippen LogP contribution in [0.25, 0.3) is 0 Å². The first-order valence-corrected chi connectivity index (χ1v) is 7.78. The highest BCUT2D eigenvalue weighted by Crippen LogP contribution is 2.50. The second kappa shape index (κ2) is 4.42. The topological polar surface area (TPSA) is 54.4 Å². The quantitative estimate of drug-likeness (QED) is 0.887. The molecule has 1 aliphatic carbocycles. The van der Waals surface area contributed by atoms with Crippen molar-refractivity contribution in [1.29, 1.82) is 0 Å². The third-order valence-corrected chi connectivity index (χ3v) is 5.29. The summed E-state index contributed by atoms with van der Waals surface area (Å²) in [5.41, 5.74) is 1.19. The van der Waals surface area contributed by atoms with Crippen molar-refractivity contribution in [3.05, 3.63) is 35.9 Å². The van der Waals surface area contributed by atoms with Gasteiger partial charge in [0.2, 0.25) is 0 Å². The van der Waals surface area contributed by atoms with E-state index < -0.39 is 21.2 Å². The van der Waals surface area contributed by atoms with Crippen LogP contribution in [0.5, 0.6) is 0 Å². The number of sulfone groups is 1. The molecule has 0 saturated heterocycles. The molecule has 0 radical (unpaired) electrons. The molecule has 0 amide bonds. The van der Waals surface area contributed by atoms with Crippen molar-refractivity contribution in [3.63, 3.8) is 0 Å². The van der Waals surface area contributed by atoms with E-state index in [9.17, 15) is 13.5 Å². The van der Waals surface area contributed by atoms with Gasteiger partial charge in [-0.3, -0.25) is 0 Å². The zero-order valence-electron chi connectivity index (χ0n) is 10.1. The predicted molar refractivity (Wildman–Crippen MR) is 67.6 cm³/mol. The summed E-state index contributed by atoms with van der Waals surface area (Å²) >= 11 is 0. The van der Waals surface area contributed by atoms with E-state index in [2.05, 4.69) is 0 Å².